The van der Waals surface area contributed by atoms with Crippen molar-refractivity contribution in [3.05, 3.63) is 35.4 Å². The quantitative estimate of drug-likeness (QED) is 0.458. The molecule has 1 aromatic rings. The SMILES string of the molecule is CC(C)c1ccccc1C(C)C.OO.OO. The zero-order valence-electron chi connectivity index (χ0n) is 10.3. The van der Waals surface area contributed by atoms with Gasteiger partial charge in [0, 0.05) is 0 Å². The molecule has 0 aliphatic heterocycles. The van der Waals surface area contributed by atoms with Gasteiger partial charge < -0.3 is 0 Å². The van der Waals surface area contributed by atoms with Crippen molar-refractivity contribution in [1.82, 2.24) is 0 Å². The van der Waals surface area contributed by atoms with Gasteiger partial charge in [0.05, 0.1) is 0 Å². The van der Waals surface area contributed by atoms with E-state index >= 15 is 0 Å². The van der Waals surface area contributed by atoms with Gasteiger partial charge in [-0.05, 0) is 23.0 Å². The van der Waals surface area contributed by atoms with Crippen LogP contribution in [0, 0.1) is 0 Å². The highest BCUT2D eigenvalue weighted by Gasteiger charge is 2.07. The van der Waals surface area contributed by atoms with Gasteiger partial charge >= 0.3 is 0 Å². The van der Waals surface area contributed by atoms with Gasteiger partial charge in [0.25, 0.3) is 0 Å². The molecule has 0 spiro atoms. The molecular formula is C12H22O4. The van der Waals surface area contributed by atoms with Crippen LogP contribution in [0.15, 0.2) is 24.3 Å². The van der Waals surface area contributed by atoms with Gasteiger partial charge in [0.1, 0.15) is 0 Å². The minimum absolute atomic E-state index is 0.642. The number of hydrogen-bond donors (Lipinski definition) is 4. The van der Waals surface area contributed by atoms with Crippen LogP contribution < -0.4 is 0 Å². The van der Waals surface area contributed by atoms with E-state index in [2.05, 4.69) is 52.0 Å². The van der Waals surface area contributed by atoms with Gasteiger partial charge in [-0.3, -0.25) is 21.0 Å². The monoisotopic (exact) mass is 230 g/mol. The topological polar surface area (TPSA) is 80.9 Å². The van der Waals surface area contributed by atoms with Crippen molar-refractivity contribution in [2.24, 2.45) is 0 Å². The molecular weight excluding hydrogens is 208 g/mol. The summed E-state index contributed by atoms with van der Waals surface area (Å²) in [6.45, 7) is 9.00. The van der Waals surface area contributed by atoms with Crippen molar-refractivity contribution in [2.75, 3.05) is 0 Å². The Balaban J connectivity index is 0. The van der Waals surface area contributed by atoms with E-state index in [1.54, 1.807) is 0 Å². The van der Waals surface area contributed by atoms with Gasteiger partial charge in [-0.15, -0.1) is 0 Å². The van der Waals surface area contributed by atoms with Crippen molar-refractivity contribution in [2.45, 2.75) is 39.5 Å². The average Bonchev–Trinajstić information content (AvgIpc) is 2.34. The summed E-state index contributed by atoms with van der Waals surface area (Å²) in [5.74, 6) is 1.28. The highest BCUT2D eigenvalue weighted by atomic mass is 17.0. The van der Waals surface area contributed by atoms with Crippen LogP contribution in [0.4, 0.5) is 0 Å². The van der Waals surface area contributed by atoms with Crippen LogP contribution in [-0.2, 0) is 0 Å². The summed E-state index contributed by atoms with van der Waals surface area (Å²) < 4.78 is 0. The second kappa shape index (κ2) is 10.6. The third-order valence-corrected chi connectivity index (χ3v) is 2.24. The first-order valence-electron chi connectivity index (χ1n) is 5.11. The summed E-state index contributed by atoms with van der Waals surface area (Å²) >= 11 is 0. The van der Waals surface area contributed by atoms with Crippen LogP contribution >= 0.6 is 0 Å². The molecule has 0 amide bonds. The fraction of sp³-hybridized carbons (Fsp3) is 0.500. The Morgan fingerprint density at radius 2 is 0.938 bits per heavy atom. The Morgan fingerprint density at radius 1 is 0.688 bits per heavy atom. The molecule has 0 radical (unpaired) electrons. The van der Waals surface area contributed by atoms with E-state index in [1.165, 1.54) is 11.1 Å². The highest BCUT2D eigenvalue weighted by Crippen LogP contribution is 2.25. The highest BCUT2D eigenvalue weighted by molar-refractivity contribution is 5.31. The predicted octanol–water partition coefficient (Wildman–Crippen LogP) is 3.97. The number of benzene rings is 1. The first kappa shape index (κ1) is 17.5. The fourth-order valence-corrected chi connectivity index (χ4v) is 1.56. The molecule has 4 heteroatoms. The third kappa shape index (κ3) is 5.82. The van der Waals surface area contributed by atoms with Gasteiger partial charge in [-0.25, -0.2) is 0 Å². The summed E-state index contributed by atoms with van der Waals surface area (Å²) in [6, 6.07) is 8.72. The molecule has 0 bridgehead atoms. The van der Waals surface area contributed by atoms with Gasteiger partial charge in [-0.2, -0.15) is 0 Å². The van der Waals surface area contributed by atoms with Gasteiger partial charge in [-0.1, -0.05) is 52.0 Å². The van der Waals surface area contributed by atoms with Gasteiger partial charge in [0.15, 0.2) is 0 Å². The minimum atomic E-state index is 0.642. The molecule has 1 rings (SSSR count). The Bertz CT molecular complexity index is 232. The molecule has 94 valence electrons. The Hall–Kier alpha value is -0.940. The first-order chi connectivity index (χ1) is 7.63. The average molecular weight is 230 g/mol. The maximum absolute atomic E-state index is 6.00. The smallest absolute Gasteiger partial charge is 0.0216 e. The van der Waals surface area contributed by atoms with E-state index in [0.29, 0.717) is 11.8 Å². The summed E-state index contributed by atoms with van der Waals surface area (Å²) in [4.78, 5) is 0. The predicted molar refractivity (Wildman–Crippen MR) is 65.1 cm³/mol. The van der Waals surface area contributed by atoms with Crippen LogP contribution in [-0.4, -0.2) is 21.0 Å². The van der Waals surface area contributed by atoms with E-state index in [1.807, 2.05) is 0 Å². The zero-order chi connectivity index (χ0) is 13.1. The maximum atomic E-state index is 6.00. The van der Waals surface area contributed by atoms with Crippen LogP contribution in [0.1, 0.15) is 50.7 Å². The summed E-state index contributed by atoms with van der Waals surface area (Å²) in [6.07, 6.45) is 0. The minimum Gasteiger partial charge on any atom is -0.255 e. The van der Waals surface area contributed by atoms with Crippen LogP contribution in [0.2, 0.25) is 0 Å². The Morgan fingerprint density at radius 3 is 1.12 bits per heavy atom. The zero-order valence-corrected chi connectivity index (χ0v) is 10.3. The first-order valence-corrected chi connectivity index (χ1v) is 5.11. The van der Waals surface area contributed by atoms with Crippen molar-refractivity contribution in [3.63, 3.8) is 0 Å². The van der Waals surface area contributed by atoms with Crippen molar-refractivity contribution >= 4 is 0 Å². The fourth-order valence-electron chi connectivity index (χ4n) is 1.56. The molecule has 0 aliphatic carbocycles. The third-order valence-electron chi connectivity index (χ3n) is 2.24. The van der Waals surface area contributed by atoms with Crippen LogP contribution in [0.25, 0.3) is 0 Å². The molecule has 0 saturated heterocycles. The number of hydrogen-bond acceptors (Lipinski definition) is 4. The molecule has 0 aliphatic rings. The van der Waals surface area contributed by atoms with E-state index in [9.17, 15) is 0 Å². The summed E-state index contributed by atoms with van der Waals surface area (Å²) in [5, 5.41) is 24.0. The molecule has 0 unspecified atom stereocenters. The van der Waals surface area contributed by atoms with E-state index in [4.69, 9.17) is 21.0 Å². The molecule has 1 aromatic carbocycles. The van der Waals surface area contributed by atoms with Crippen molar-refractivity contribution in [3.8, 4) is 0 Å². The molecule has 0 heterocycles. The lowest BCUT2D eigenvalue weighted by Crippen LogP contribution is -1.97. The van der Waals surface area contributed by atoms with Crippen molar-refractivity contribution in [1.29, 1.82) is 0 Å². The lowest BCUT2D eigenvalue weighted by Gasteiger charge is -2.14. The largest absolute Gasteiger partial charge is 0.255 e. The second-order valence-corrected chi connectivity index (χ2v) is 3.94. The number of rotatable bonds is 2. The molecule has 0 fully saturated rings. The lowest BCUT2D eigenvalue weighted by molar-refractivity contribution is -0.176. The van der Waals surface area contributed by atoms with Crippen molar-refractivity contribution < 1.29 is 21.0 Å². The normalized spacial score (nSPS) is 9.12. The molecule has 16 heavy (non-hydrogen) atoms. The Kier molecular flexibility index (Phi) is 11.5. The second-order valence-electron chi connectivity index (χ2n) is 3.94. The summed E-state index contributed by atoms with van der Waals surface area (Å²) in [5.41, 5.74) is 2.99. The van der Waals surface area contributed by atoms with E-state index in [-0.39, 0.29) is 0 Å². The summed E-state index contributed by atoms with van der Waals surface area (Å²) in [7, 11) is 0. The molecule has 4 nitrogen and oxygen atoms in total. The molecule has 0 atom stereocenters. The van der Waals surface area contributed by atoms with E-state index < -0.39 is 0 Å². The Labute approximate surface area is 96.7 Å². The van der Waals surface area contributed by atoms with E-state index in [0.717, 1.165) is 0 Å². The molecule has 4 N–H and O–H groups in total. The standard InChI is InChI=1S/C12H18.2H2O2/c1-9(2)11-7-5-6-8-12(11)10(3)4;2*1-2/h5-10H,1-4H3;2*1-2H. The molecule has 0 aromatic heterocycles. The van der Waals surface area contributed by atoms with Gasteiger partial charge in [0.2, 0.25) is 0 Å². The maximum Gasteiger partial charge on any atom is -0.0216 e. The lowest BCUT2D eigenvalue weighted by atomic mass is 9.91. The van der Waals surface area contributed by atoms with Crippen LogP contribution in [0.3, 0.4) is 0 Å². The van der Waals surface area contributed by atoms with Crippen LogP contribution in [0.5, 0.6) is 0 Å². The molecule has 0 saturated carbocycles.